The molecule has 0 aliphatic heterocycles. The first-order chi connectivity index (χ1) is 26.7. The van der Waals surface area contributed by atoms with Gasteiger partial charge in [0.2, 0.25) is 11.8 Å². The Balaban J connectivity index is 0.000000173. The molecule has 8 aromatic rings. The molecule has 2 N–H and O–H groups in total. The van der Waals surface area contributed by atoms with Crippen molar-refractivity contribution in [3.05, 3.63) is 149 Å². The van der Waals surface area contributed by atoms with Gasteiger partial charge in [-0.1, -0.05) is 56.1 Å². The van der Waals surface area contributed by atoms with Gasteiger partial charge in [-0.05, 0) is 163 Å². The molecule has 5 aromatic carbocycles. The van der Waals surface area contributed by atoms with Crippen molar-refractivity contribution in [3.63, 3.8) is 0 Å². The number of amides is 2. The lowest BCUT2D eigenvalue weighted by atomic mass is 9.87. The van der Waals surface area contributed by atoms with Crippen LogP contribution in [0, 0.1) is 10.5 Å². The van der Waals surface area contributed by atoms with Crippen molar-refractivity contribution in [2.45, 2.75) is 33.1 Å². The van der Waals surface area contributed by atoms with Crippen LogP contribution in [-0.2, 0) is 5.41 Å². The number of nitrogens with one attached hydrogen (secondary N) is 2. The Bertz CT molecular complexity index is 2750. The second kappa shape index (κ2) is 16.4. The van der Waals surface area contributed by atoms with Crippen LogP contribution in [-0.4, -0.2) is 21.8 Å². The van der Waals surface area contributed by atoms with E-state index in [0.717, 1.165) is 24.7 Å². The quantitative estimate of drug-likeness (QED) is 0.159. The summed E-state index contributed by atoms with van der Waals surface area (Å²) < 4.78 is 19.5. The van der Waals surface area contributed by atoms with Crippen LogP contribution in [0.15, 0.2) is 132 Å². The minimum Gasteiger partial charge on any atom is -0.444 e. The van der Waals surface area contributed by atoms with E-state index >= 15 is 0 Å². The third-order valence-electron chi connectivity index (χ3n) is 8.61. The number of anilines is 2. The molecule has 0 saturated carbocycles. The summed E-state index contributed by atoms with van der Waals surface area (Å²) in [6, 6.07) is 33.3. The molecule has 0 bridgehead atoms. The fourth-order valence-electron chi connectivity index (χ4n) is 5.66. The van der Waals surface area contributed by atoms with Gasteiger partial charge in [-0.2, -0.15) is 0 Å². The number of benzene rings is 5. The first-order valence-electron chi connectivity index (χ1n) is 17.2. The molecule has 0 fully saturated rings. The molecule has 0 radical (unpaired) electrons. The van der Waals surface area contributed by atoms with Crippen LogP contribution in [0.5, 0.6) is 0 Å². The Hall–Kier alpha value is -4.76. The van der Waals surface area contributed by atoms with Crippen molar-refractivity contribution in [2.75, 3.05) is 10.6 Å². The highest BCUT2D eigenvalue weighted by Gasteiger charge is 2.17. The van der Waals surface area contributed by atoms with Crippen molar-refractivity contribution in [1.82, 2.24) is 9.97 Å². The number of carbonyl (C=O) groups excluding carboxylic acids is 2. The first-order valence-corrected chi connectivity index (χ1v) is 20.3. The highest BCUT2D eigenvalue weighted by Crippen LogP contribution is 2.34. The molecule has 0 atom stereocenters. The smallest absolute Gasteiger partial charge is 0.291 e. The van der Waals surface area contributed by atoms with Crippen molar-refractivity contribution in [1.29, 1.82) is 0 Å². The third kappa shape index (κ3) is 9.10. The number of aryl methyl sites for hydroxylation is 1. The minimum absolute atomic E-state index is 0.0465. The molecule has 13 heteroatoms. The molecule has 3 aromatic heterocycles. The number of furan rings is 1. The Morgan fingerprint density at radius 3 is 1.88 bits per heavy atom. The van der Waals surface area contributed by atoms with E-state index in [-0.39, 0.29) is 23.0 Å². The van der Waals surface area contributed by atoms with Gasteiger partial charge >= 0.3 is 0 Å². The summed E-state index contributed by atoms with van der Waals surface area (Å²) in [7, 11) is 0. The second-order valence-corrected chi connectivity index (χ2v) is 17.1. The molecule has 8 rings (SSSR count). The van der Waals surface area contributed by atoms with E-state index in [0.29, 0.717) is 60.6 Å². The van der Waals surface area contributed by atoms with Crippen LogP contribution in [0.4, 0.5) is 11.4 Å². The molecule has 0 aliphatic rings. The Labute approximate surface area is 357 Å². The average molecular weight is 1010 g/mol. The Morgan fingerprint density at radius 2 is 1.29 bits per heavy atom. The molecule has 2 amide bonds. The lowest BCUT2D eigenvalue weighted by Gasteiger charge is -2.19. The van der Waals surface area contributed by atoms with Gasteiger partial charge in [0.15, 0.2) is 21.6 Å². The molecular weight excluding hydrogens is 975 g/mol. The summed E-state index contributed by atoms with van der Waals surface area (Å²) in [6.07, 6.45) is 0. The molecule has 3 heterocycles. The maximum atomic E-state index is 12.6. The number of nitrogens with zero attached hydrogens (tertiary/aromatic N) is 2. The molecule has 282 valence electrons. The second-order valence-electron chi connectivity index (χ2n) is 13.8. The highest BCUT2D eigenvalue weighted by atomic mass is 127. The van der Waals surface area contributed by atoms with Crippen molar-refractivity contribution >= 4 is 111 Å². The lowest BCUT2D eigenvalue weighted by Crippen LogP contribution is -2.14. The molecule has 56 heavy (non-hydrogen) atoms. The van der Waals surface area contributed by atoms with Gasteiger partial charge in [-0.25, -0.2) is 9.97 Å². The van der Waals surface area contributed by atoms with Crippen molar-refractivity contribution in [2.24, 2.45) is 0 Å². The fourth-order valence-corrected chi connectivity index (χ4v) is 7.07. The largest absolute Gasteiger partial charge is 0.444 e. The van der Waals surface area contributed by atoms with Crippen LogP contribution >= 0.6 is 66.1 Å². The zero-order valence-electron chi connectivity index (χ0n) is 30.3. The third-order valence-corrected chi connectivity index (χ3v) is 10.7. The maximum Gasteiger partial charge on any atom is 0.291 e. The number of carbonyl (C=O) groups is 2. The number of fused-ring (bicyclic) bond motifs is 2. The van der Waals surface area contributed by atoms with Crippen LogP contribution < -0.4 is 10.6 Å². The number of halogens is 4. The zero-order chi connectivity index (χ0) is 39.7. The summed E-state index contributed by atoms with van der Waals surface area (Å²) in [4.78, 5) is 34.0. The van der Waals surface area contributed by atoms with E-state index in [4.69, 9.17) is 24.9 Å². The number of oxazole rings is 2. The minimum atomic E-state index is -0.334. The van der Waals surface area contributed by atoms with E-state index in [2.05, 4.69) is 95.8 Å². The molecule has 0 unspecified atom stereocenters. The summed E-state index contributed by atoms with van der Waals surface area (Å²) in [5, 5.41) is 6.30. The van der Waals surface area contributed by atoms with E-state index in [9.17, 15) is 9.59 Å². The summed E-state index contributed by atoms with van der Waals surface area (Å²) >= 11 is 15.3. The molecular formula is C43H32Br2ClIN4O5. The maximum absolute atomic E-state index is 12.6. The number of hydrogen-bond acceptors (Lipinski definition) is 7. The normalized spacial score (nSPS) is 11.4. The molecule has 9 nitrogen and oxygen atoms in total. The first kappa shape index (κ1) is 39.5. The predicted octanol–water partition coefficient (Wildman–Crippen LogP) is 13.5. The Morgan fingerprint density at radius 1 is 0.679 bits per heavy atom. The van der Waals surface area contributed by atoms with Gasteiger partial charge in [0.05, 0.1) is 16.1 Å². The van der Waals surface area contributed by atoms with Gasteiger partial charge < -0.3 is 23.9 Å². The monoisotopic (exact) mass is 1000 g/mol. The zero-order valence-corrected chi connectivity index (χ0v) is 36.4. The van der Waals surface area contributed by atoms with Crippen molar-refractivity contribution in [3.8, 4) is 22.9 Å². The van der Waals surface area contributed by atoms with Crippen molar-refractivity contribution < 1.29 is 22.8 Å². The van der Waals surface area contributed by atoms with E-state index < -0.39 is 0 Å². The number of hydrogen-bond donors (Lipinski definition) is 2. The topological polar surface area (TPSA) is 123 Å². The van der Waals surface area contributed by atoms with Gasteiger partial charge in [0, 0.05) is 25.0 Å². The van der Waals surface area contributed by atoms with Gasteiger partial charge in [0.25, 0.3) is 11.8 Å². The van der Waals surface area contributed by atoms with Gasteiger partial charge in [-0.3, -0.25) is 9.59 Å². The average Bonchev–Trinajstić information content (AvgIpc) is 3.91. The molecule has 0 aliphatic carbocycles. The SMILES string of the molecule is Cc1ccc(Cl)c(-c2nc3cc(NC(=O)c4ccc(C(C)(C)C)cc4)ccc3o2)c1.O=C(Nc1ccc2oc(-c3cc(I)ccc3Br)nc2c1)c1ccc(Br)o1. The van der Waals surface area contributed by atoms with E-state index in [1.807, 2.05) is 67.6 Å². The molecule has 0 saturated heterocycles. The van der Waals surface area contributed by atoms with Gasteiger partial charge in [0.1, 0.15) is 11.0 Å². The number of rotatable bonds is 6. The van der Waals surface area contributed by atoms with E-state index in [1.165, 1.54) is 5.56 Å². The summed E-state index contributed by atoms with van der Waals surface area (Å²) in [6.45, 7) is 8.43. The highest BCUT2D eigenvalue weighted by molar-refractivity contribution is 14.1. The molecule has 0 spiro atoms. The number of aromatic nitrogens is 2. The lowest BCUT2D eigenvalue weighted by molar-refractivity contribution is 0.0993. The Kier molecular flexibility index (Phi) is 11.5. The summed E-state index contributed by atoms with van der Waals surface area (Å²) in [5.41, 5.74) is 8.39. The van der Waals surface area contributed by atoms with Gasteiger partial charge in [-0.15, -0.1) is 0 Å². The predicted molar refractivity (Wildman–Crippen MR) is 237 cm³/mol. The standard InChI is InChI=1S/C25H23ClN2O2.C18H9Br2IN2O3/c1-15-5-11-20(26)19(13-15)24-28-21-14-18(10-12-22(21)30-24)27-23(29)16-6-8-17(9-7-16)25(2,3)4;19-12-3-1-9(21)7-11(12)18-23-13-8-10(2-4-14(13)26-18)22-17(24)15-5-6-16(20)25-15/h5-14H,1-4H3,(H,27,29);1-8H,(H,22,24). The van der Waals surface area contributed by atoms with E-state index in [1.54, 1.807) is 48.5 Å². The fraction of sp³-hybridized carbons (Fsp3) is 0.116. The summed E-state index contributed by atoms with van der Waals surface area (Å²) in [5.74, 6) is 0.698. The van der Waals surface area contributed by atoms with Crippen LogP contribution in [0.3, 0.4) is 0 Å². The van der Waals surface area contributed by atoms with Crippen LogP contribution in [0.1, 0.15) is 52.8 Å². The van der Waals surface area contributed by atoms with Crippen LogP contribution in [0.25, 0.3) is 45.1 Å². The van der Waals surface area contributed by atoms with Crippen LogP contribution in [0.2, 0.25) is 5.02 Å².